The maximum absolute atomic E-state index is 11.6. The molecule has 0 spiro atoms. The van der Waals surface area contributed by atoms with Crippen molar-refractivity contribution in [2.45, 2.75) is 31.4 Å². The van der Waals surface area contributed by atoms with Gasteiger partial charge >= 0.3 is 0 Å². The van der Waals surface area contributed by atoms with E-state index in [2.05, 4.69) is 25.6 Å². The number of hydrogen-bond acceptors (Lipinski definition) is 2. The molecule has 0 saturated carbocycles. The molecule has 74 valence electrons. The maximum Gasteiger partial charge on any atom is 0.163 e. The van der Waals surface area contributed by atoms with Crippen molar-refractivity contribution in [3.63, 3.8) is 0 Å². The first-order valence-corrected chi connectivity index (χ1v) is 5.55. The second-order valence-corrected chi connectivity index (χ2v) is 4.60. The highest BCUT2D eigenvalue weighted by Crippen LogP contribution is 2.30. The molecule has 1 unspecified atom stereocenters. The van der Waals surface area contributed by atoms with Crippen LogP contribution in [-0.4, -0.2) is 5.78 Å². The van der Waals surface area contributed by atoms with E-state index in [1.54, 1.807) is 0 Å². The van der Waals surface area contributed by atoms with Crippen LogP contribution in [0.5, 0.6) is 0 Å². The zero-order chi connectivity index (χ0) is 10.1. The summed E-state index contributed by atoms with van der Waals surface area (Å²) in [6.07, 6.45) is 2.73. The maximum atomic E-state index is 11.6. The summed E-state index contributed by atoms with van der Waals surface area (Å²) >= 11 is 4.44. The molecule has 0 aliphatic heterocycles. The van der Waals surface area contributed by atoms with E-state index in [9.17, 15) is 4.79 Å². The number of Topliss-reactive ketones (excluding diaryl/α,β-unsaturated/α-hetero) is 1. The van der Waals surface area contributed by atoms with Crippen molar-refractivity contribution >= 4 is 18.4 Å². The van der Waals surface area contributed by atoms with Gasteiger partial charge in [0, 0.05) is 17.2 Å². The number of carbonyl (C=O) groups excluding carboxylic acids is 1. The SMILES string of the molecule is CC(S)c1cccc2c1CCCC2=O. The Labute approximate surface area is 89.9 Å². The topological polar surface area (TPSA) is 17.1 Å². The van der Waals surface area contributed by atoms with E-state index in [1.165, 1.54) is 11.1 Å². The van der Waals surface area contributed by atoms with Crippen LogP contribution in [0.2, 0.25) is 0 Å². The summed E-state index contributed by atoms with van der Waals surface area (Å²) in [5, 5.41) is 0.218. The zero-order valence-corrected chi connectivity index (χ0v) is 9.18. The Kier molecular flexibility index (Phi) is 2.64. The van der Waals surface area contributed by atoms with Crippen LogP contribution in [0.25, 0.3) is 0 Å². The van der Waals surface area contributed by atoms with E-state index in [-0.39, 0.29) is 5.25 Å². The Balaban J connectivity index is 2.55. The third-order valence-electron chi connectivity index (χ3n) is 2.79. The van der Waals surface area contributed by atoms with Gasteiger partial charge in [-0.15, -0.1) is 0 Å². The van der Waals surface area contributed by atoms with Crippen LogP contribution in [0.3, 0.4) is 0 Å². The molecule has 14 heavy (non-hydrogen) atoms. The van der Waals surface area contributed by atoms with Crippen LogP contribution in [0.1, 0.15) is 46.5 Å². The highest BCUT2D eigenvalue weighted by atomic mass is 32.1. The first-order valence-electron chi connectivity index (χ1n) is 5.03. The van der Waals surface area contributed by atoms with Crippen LogP contribution in [0.15, 0.2) is 18.2 Å². The van der Waals surface area contributed by atoms with Gasteiger partial charge in [-0.3, -0.25) is 4.79 Å². The van der Waals surface area contributed by atoms with Crippen LogP contribution < -0.4 is 0 Å². The van der Waals surface area contributed by atoms with Crippen LogP contribution >= 0.6 is 12.6 Å². The number of thiol groups is 1. The Hall–Kier alpha value is -0.760. The number of ketones is 1. The van der Waals surface area contributed by atoms with Crippen molar-refractivity contribution in [1.29, 1.82) is 0 Å². The minimum absolute atomic E-state index is 0.218. The minimum Gasteiger partial charge on any atom is -0.294 e. The van der Waals surface area contributed by atoms with Gasteiger partial charge in [-0.25, -0.2) is 0 Å². The largest absolute Gasteiger partial charge is 0.294 e. The van der Waals surface area contributed by atoms with E-state index in [0.717, 1.165) is 18.4 Å². The summed E-state index contributed by atoms with van der Waals surface area (Å²) in [5.74, 6) is 0.294. The zero-order valence-electron chi connectivity index (χ0n) is 8.29. The lowest BCUT2D eigenvalue weighted by atomic mass is 9.86. The van der Waals surface area contributed by atoms with Gasteiger partial charge in [0.2, 0.25) is 0 Å². The minimum atomic E-state index is 0.218. The number of hydrogen-bond donors (Lipinski definition) is 1. The van der Waals surface area contributed by atoms with E-state index in [1.807, 2.05) is 12.1 Å². The van der Waals surface area contributed by atoms with Gasteiger partial charge in [0.1, 0.15) is 0 Å². The lowest BCUT2D eigenvalue weighted by molar-refractivity contribution is 0.0972. The Morgan fingerprint density at radius 1 is 1.36 bits per heavy atom. The molecule has 0 aromatic heterocycles. The third-order valence-corrected chi connectivity index (χ3v) is 3.07. The molecule has 1 aliphatic rings. The lowest BCUT2D eigenvalue weighted by Gasteiger charge is -2.19. The number of benzene rings is 1. The normalized spacial score (nSPS) is 17.7. The molecule has 2 heteroatoms. The summed E-state index contributed by atoms with van der Waals surface area (Å²) in [6, 6.07) is 5.98. The molecule has 1 atom stereocenters. The smallest absolute Gasteiger partial charge is 0.163 e. The summed E-state index contributed by atoms with van der Waals surface area (Å²) < 4.78 is 0. The quantitative estimate of drug-likeness (QED) is 0.698. The monoisotopic (exact) mass is 206 g/mol. The Morgan fingerprint density at radius 2 is 2.14 bits per heavy atom. The predicted octanol–water partition coefficient (Wildman–Crippen LogP) is 3.20. The Morgan fingerprint density at radius 3 is 2.86 bits per heavy atom. The van der Waals surface area contributed by atoms with Crippen molar-refractivity contribution in [1.82, 2.24) is 0 Å². The highest BCUT2D eigenvalue weighted by Gasteiger charge is 2.20. The standard InChI is InChI=1S/C12H14OS/c1-8(14)9-4-2-6-11-10(9)5-3-7-12(11)13/h2,4,6,8,14H,3,5,7H2,1H3. The van der Waals surface area contributed by atoms with E-state index in [4.69, 9.17) is 0 Å². The molecule has 0 N–H and O–H groups in total. The first kappa shape index (κ1) is 9.78. The number of carbonyl (C=O) groups is 1. The third kappa shape index (κ3) is 1.59. The average Bonchev–Trinajstić information content (AvgIpc) is 2.17. The predicted molar refractivity (Wildman–Crippen MR) is 61.1 cm³/mol. The average molecular weight is 206 g/mol. The number of fused-ring (bicyclic) bond motifs is 1. The molecule has 1 aliphatic carbocycles. The highest BCUT2D eigenvalue weighted by molar-refractivity contribution is 7.80. The van der Waals surface area contributed by atoms with E-state index >= 15 is 0 Å². The van der Waals surface area contributed by atoms with Crippen molar-refractivity contribution in [2.75, 3.05) is 0 Å². The van der Waals surface area contributed by atoms with Gasteiger partial charge < -0.3 is 0 Å². The molecule has 0 amide bonds. The van der Waals surface area contributed by atoms with Crippen LogP contribution in [0.4, 0.5) is 0 Å². The molecular weight excluding hydrogens is 192 g/mol. The first-order chi connectivity index (χ1) is 6.70. The molecule has 0 radical (unpaired) electrons. The summed E-state index contributed by atoms with van der Waals surface area (Å²) in [5.41, 5.74) is 3.37. The molecule has 2 rings (SSSR count). The van der Waals surface area contributed by atoms with Gasteiger partial charge in [0.25, 0.3) is 0 Å². The van der Waals surface area contributed by atoms with Crippen molar-refractivity contribution in [3.05, 3.63) is 34.9 Å². The van der Waals surface area contributed by atoms with Gasteiger partial charge in [0.05, 0.1) is 0 Å². The van der Waals surface area contributed by atoms with E-state index in [0.29, 0.717) is 12.2 Å². The fourth-order valence-corrected chi connectivity index (χ4v) is 2.34. The number of rotatable bonds is 1. The fraction of sp³-hybridized carbons (Fsp3) is 0.417. The molecule has 1 nitrogen and oxygen atoms in total. The van der Waals surface area contributed by atoms with Gasteiger partial charge in [-0.1, -0.05) is 18.2 Å². The molecule has 0 fully saturated rings. The van der Waals surface area contributed by atoms with E-state index < -0.39 is 0 Å². The molecule has 0 heterocycles. The summed E-state index contributed by atoms with van der Waals surface area (Å²) in [7, 11) is 0. The summed E-state index contributed by atoms with van der Waals surface area (Å²) in [4.78, 5) is 11.6. The van der Waals surface area contributed by atoms with Crippen molar-refractivity contribution < 1.29 is 4.79 Å². The Bertz CT molecular complexity index is 369. The van der Waals surface area contributed by atoms with Gasteiger partial charge in [-0.05, 0) is 30.9 Å². The molecule has 0 bridgehead atoms. The van der Waals surface area contributed by atoms with Crippen molar-refractivity contribution in [3.8, 4) is 0 Å². The van der Waals surface area contributed by atoms with Crippen LogP contribution in [0, 0.1) is 0 Å². The molecular formula is C12H14OS. The van der Waals surface area contributed by atoms with Crippen LogP contribution in [-0.2, 0) is 6.42 Å². The molecule has 1 aromatic carbocycles. The molecule has 0 saturated heterocycles. The lowest BCUT2D eigenvalue weighted by Crippen LogP contribution is -2.13. The molecule has 1 aromatic rings. The fourth-order valence-electron chi connectivity index (χ4n) is 2.10. The second kappa shape index (κ2) is 3.77. The van der Waals surface area contributed by atoms with Crippen molar-refractivity contribution in [2.24, 2.45) is 0 Å². The van der Waals surface area contributed by atoms with Gasteiger partial charge in [0.15, 0.2) is 5.78 Å². The second-order valence-electron chi connectivity index (χ2n) is 3.83. The van der Waals surface area contributed by atoms with Gasteiger partial charge in [-0.2, -0.15) is 12.6 Å². The summed E-state index contributed by atoms with van der Waals surface area (Å²) in [6.45, 7) is 2.05.